The molecule has 2 aliphatic rings. The van der Waals surface area contributed by atoms with E-state index in [-0.39, 0.29) is 6.04 Å². The summed E-state index contributed by atoms with van der Waals surface area (Å²) in [7, 11) is 0. The van der Waals surface area contributed by atoms with Crippen LogP contribution in [-0.2, 0) is 4.74 Å². The summed E-state index contributed by atoms with van der Waals surface area (Å²) in [4.78, 5) is 21.4. The number of aromatic nitrogens is 4. The minimum atomic E-state index is -0.419. The standard InChI is InChI=1S/C17H22FN7O/c18-13-10-20-16(21-11-13)25-5-1-2-14(12-25)22-15-3-4-19-17(23-15)24-6-8-26-9-7-24/h3-4,10-11,14H,1-2,5-9,12H2,(H,19,22,23). The van der Waals surface area contributed by atoms with Gasteiger partial charge in [0.2, 0.25) is 11.9 Å². The summed E-state index contributed by atoms with van der Waals surface area (Å²) >= 11 is 0. The molecule has 26 heavy (non-hydrogen) atoms. The summed E-state index contributed by atoms with van der Waals surface area (Å²) in [6.07, 6.45) is 6.25. The highest BCUT2D eigenvalue weighted by molar-refractivity contribution is 5.43. The van der Waals surface area contributed by atoms with E-state index >= 15 is 0 Å². The maximum atomic E-state index is 13.0. The predicted octanol–water partition coefficient (Wildman–Crippen LogP) is 1.32. The van der Waals surface area contributed by atoms with E-state index in [1.165, 1.54) is 12.4 Å². The second-order valence-electron chi connectivity index (χ2n) is 6.47. The third-order valence-electron chi connectivity index (χ3n) is 4.60. The fraction of sp³-hybridized carbons (Fsp3) is 0.529. The Kier molecular flexibility index (Phi) is 5.05. The third kappa shape index (κ3) is 3.98. The molecule has 4 rings (SSSR count). The Morgan fingerprint density at radius 2 is 1.85 bits per heavy atom. The Labute approximate surface area is 151 Å². The van der Waals surface area contributed by atoms with Gasteiger partial charge < -0.3 is 19.9 Å². The van der Waals surface area contributed by atoms with Gasteiger partial charge in [0.1, 0.15) is 5.82 Å². The lowest BCUT2D eigenvalue weighted by molar-refractivity contribution is 0.122. The van der Waals surface area contributed by atoms with Gasteiger partial charge in [-0.25, -0.2) is 19.3 Å². The molecule has 8 nitrogen and oxygen atoms in total. The van der Waals surface area contributed by atoms with Crippen LogP contribution in [0.2, 0.25) is 0 Å². The summed E-state index contributed by atoms with van der Waals surface area (Å²) in [5.74, 6) is 1.69. The molecule has 2 aliphatic heterocycles. The molecule has 0 aliphatic carbocycles. The minimum Gasteiger partial charge on any atom is -0.378 e. The van der Waals surface area contributed by atoms with E-state index in [1.807, 2.05) is 6.07 Å². The number of morpholine rings is 1. The van der Waals surface area contributed by atoms with E-state index < -0.39 is 5.82 Å². The molecule has 2 saturated heterocycles. The van der Waals surface area contributed by atoms with Crippen molar-refractivity contribution in [2.75, 3.05) is 54.5 Å². The second kappa shape index (κ2) is 7.77. The smallest absolute Gasteiger partial charge is 0.227 e. The number of ether oxygens (including phenoxy) is 1. The average molecular weight is 359 g/mol. The molecule has 0 aromatic carbocycles. The van der Waals surface area contributed by atoms with Crippen molar-refractivity contribution in [2.24, 2.45) is 0 Å². The molecule has 0 radical (unpaired) electrons. The van der Waals surface area contributed by atoms with Crippen LogP contribution in [0.1, 0.15) is 12.8 Å². The summed E-state index contributed by atoms with van der Waals surface area (Å²) in [5, 5.41) is 3.49. The lowest BCUT2D eigenvalue weighted by atomic mass is 10.1. The predicted molar refractivity (Wildman–Crippen MR) is 95.9 cm³/mol. The van der Waals surface area contributed by atoms with E-state index in [4.69, 9.17) is 4.74 Å². The van der Waals surface area contributed by atoms with Crippen LogP contribution in [0.3, 0.4) is 0 Å². The number of hydrogen-bond donors (Lipinski definition) is 1. The van der Waals surface area contributed by atoms with E-state index in [0.717, 1.165) is 50.8 Å². The van der Waals surface area contributed by atoms with Gasteiger partial charge in [-0.2, -0.15) is 4.98 Å². The lowest BCUT2D eigenvalue weighted by Gasteiger charge is -2.33. The van der Waals surface area contributed by atoms with Crippen molar-refractivity contribution < 1.29 is 9.13 Å². The summed E-state index contributed by atoms with van der Waals surface area (Å²) in [5.41, 5.74) is 0. The molecule has 138 valence electrons. The molecule has 1 unspecified atom stereocenters. The van der Waals surface area contributed by atoms with E-state index in [9.17, 15) is 4.39 Å². The summed E-state index contributed by atoms with van der Waals surface area (Å²) < 4.78 is 18.4. The maximum absolute atomic E-state index is 13.0. The van der Waals surface area contributed by atoms with Crippen molar-refractivity contribution in [1.29, 1.82) is 0 Å². The third-order valence-corrected chi connectivity index (χ3v) is 4.60. The largest absolute Gasteiger partial charge is 0.378 e. The van der Waals surface area contributed by atoms with Gasteiger partial charge in [0.05, 0.1) is 25.6 Å². The second-order valence-corrected chi connectivity index (χ2v) is 6.47. The van der Waals surface area contributed by atoms with Gasteiger partial charge in [-0.3, -0.25) is 0 Å². The van der Waals surface area contributed by atoms with Gasteiger partial charge in [0.25, 0.3) is 0 Å². The molecule has 0 spiro atoms. The molecule has 1 N–H and O–H groups in total. The summed E-state index contributed by atoms with van der Waals surface area (Å²) in [6, 6.07) is 2.11. The molecule has 0 amide bonds. The first-order chi connectivity index (χ1) is 12.8. The zero-order valence-corrected chi connectivity index (χ0v) is 14.5. The van der Waals surface area contributed by atoms with Gasteiger partial charge in [-0.1, -0.05) is 0 Å². The Balaban J connectivity index is 1.41. The Hall–Kier alpha value is -2.55. The Morgan fingerprint density at radius 3 is 2.65 bits per heavy atom. The Bertz CT molecular complexity index is 723. The van der Waals surface area contributed by atoms with Crippen LogP contribution < -0.4 is 15.1 Å². The molecular formula is C17H22FN7O. The molecular weight excluding hydrogens is 337 g/mol. The van der Waals surface area contributed by atoms with Crippen molar-refractivity contribution in [2.45, 2.75) is 18.9 Å². The number of nitrogens with one attached hydrogen (secondary N) is 1. The highest BCUT2D eigenvalue weighted by Crippen LogP contribution is 2.19. The number of rotatable bonds is 4. The topological polar surface area (TPSA) is 79.3 Å². The van der Waals surface area contributed by atoms with Crippen LogP contribution in [0.4, 0.5) is 22.1 Å². The van der Waals surface area contributed by atoms with Crippen LogP contribution in [0.25, 0.3) is 0 Å². The molecule has 2 aromatic heterocycles. The molecule has 4 heterocycles. The van der Waals surface area contributed by atoms with Crippen molar-refractivity contribution in [1.82, 2.24) is 19.9 Å². The number of nitrogens with zero attached hydrogens (tertiary/aromatic N) is 6. The van der Waals surface area contributed by atoms with Crippen LogP contribution in [0.15, 0.2) is 24.7 Å². The van der Waals surface area contributed by atoms with E-state index in [0.29, 0.717) is 19.2 Å². The van der Waals surface area contributed by atoms with Crippen LogP contribution >= 0.6 is 0 Å². The van der Waals surface area contributed by atoms with Crippen LogP contribution in [0, 0.1) is 5.82 Å². The molecule has 2 fully saturated rings. The SMILES string of the molecule is Fc1cnc(N2CCCC(Nc3ccnc(N4CCOCC4)n3)C2)nc1. The number of hydrogen-bond acceptors (Lipinski definition) is 8. The molecule has 0 saturated carbocycles. The monoisotopic (exact) mass is 359 g/mol. The average Bonchev–Trinajstić information content (AvgIpc) is 2.70. The molecule has 1 atom stereocenters. The quantitative estimate of drug-likeness (QED) is 0.876. The fourth-order valence-electron chi connectivity index (χ4n) is 3.30. The van der Waals surface area contributed by atoms with Gasteiger partial charge in [0.15, 0.2) is 5.82 Å². The normalized spacial score (nSPS) is 20.9. The molecule has 2 aromatic rings. The lowest BCUT2D eigenvalue weighted by Crippen LogP contribution is -2.43. The van der Waals surface area contributed by atoms with E-state index in [2.05, 4.69) is 35.1 Å². The first kappa shape index (κ1) is 16.9. The van der Waals surface area contributed by atoms with Gasteiger partial charge in [0, 0.05) is 38.4 Å². The summed E-state index contributed by atoms with van der Waals surface area (Å²) in [6.45, 7) is 4.65. The number of halogens is 1. The molecule has 0 bridgehead atoms. The molecule has 9 heteroatoms. The highest BCUT2D eigenvalue weighted by Gasteiger charge is 2.22. The Morgan fingerprint density at radius 1 is 1.04 bits per heavy atom. The zero-order chi connectivity index (χ0) is 17.8. The highest BCUT2D eigenvalue weighted by atomic mass is 19.1. The van der Waals surface area contributed by atoms with Gasteiger partial charge in [-0.05, 0) is 18.9 Å². The van der Waals surface area contributed by atoms with Crippen LogP contribution in [0.5, 0.6) is 0 Å². The first-order valence-corrected chi connectivity index (χ1v) is 8.93. The van der Waals surface area contributed by atoms with Gasteiger partial charge >= 0.3 is 0 Å². The first-order valence-electron chi connectivity index (χ1n) is 8.93. The van der Waals surface area contributed by atoms with Crippen molar-refractivity contribution in [3.05, 3.63) is 30.5 Å². The van der Waals surface area contributed by atoms with Crippen LogP contribution in [-0.4, -0.2) is 65.4 Å². The number of piperidine rings is 1. The van der Waals surface area contributed by atoms with Gasteiger partial charge in [-0.15, -0.1) is 0 Å². The van der Waals surface area contributed by atoms with Crippen molar-refractivity contribution >= 4 is 17.7 Å². The van der Waals surface area contributed by atoms with E-state index in [1.54, 1.807) is 6.20 Å². The number of anilines is 3. The fourth-order valence-corrected chi connectivity index (χ4v) is 3.30. The zero-order valence-electron chi connectivity index (χ0n) is 14.5. The maximum Gasteiger partial charge on any atom is 0.227 e. The minimum absolute atomic E-state index is 0.227. The van der Waals surface area contributed by atoms with Crippen molar-refractivity contribution in [3.63, 3.8) is 0 Å². The van der Waals surface area contributed by atoms with Crippen molar-refractivity contribution in [3.8, 4) is 0 Å².